The van der Waals surface area contributed by atoms with E-state index in [9.17, 15) is 22.8 Å². The van der Waals surface area contributed by atoms with Crippen molar-refractivity contribution < 1.29 is 27.5 Å². The number of hydrogen-bond donors (Lipinski definition) is 2. The van der Waals surface area contributed by atoms with Gasteiger partial charge < -0.3 is 15.0 Å². The smallest absolute Gasteiger partial charge is 0.307 e. The molecule has 33 heavy (non-hydrogen) atoms. The van der Waals surface area contributed by atoms with E-state index in [1.165, 1.54) is 31.2 Å². The largest absolute Gasteiger partial charge is 0.456 e. The molecular weight excluding hydrogens is 446 g/mol. The van der Waals surface area contributed by atoms with Crippen LogP contribution < -0.4 is 10.0 Å². The van der Waals surface area contributed by atoms with Crippen LogP contribution in [0, 0.1) is 0 Å². The third kappa shape index (κ3) is 8.66. The lowest BCUT2D eigenvalue weighted by Crippen LogP contribution is -2.39. The molecule has 2 N–H and O–H groups in total. The van der Waals surface area contributed by atoms with Gasteiger partial charge >= 0.3 is 5.97 Å². The third-order valence-electron chi connectivity index (χ3n) is 4.60. The van der Waals surface area contributed by atoms with E-state index in [2.05, 4.69) is 10.0 Å². The van der Waals surface area contributed by atoms with Crippen molar-refractivity contribution in [2.24, 2.45) is 0 Å². The van der Waals surface area contributed by atoms with Gasteiger partial charge in [0.15, 0.2) is 6.61 Å². The van der Waals surface area contributed by atoms with Gasteiger partial charge in [-0.25, -0.2) is 13.1 Å². The Morgan fingerprint density at radius 2 is 1.64 bits per heavy atom. The van der Waals surface area contributed by atoms with Gasteiger partial charge in [0, 0.05) is 31.7 Å². The van der Waals surface area contributed by atoms with Crippen LogP contribution in [0.1, 0.15) is 32.8 Å². The summed E-state index contributed by atoms with van der Waals surface area (Å²) in [6, 6.07) is 15.0. The highest BCUT2D eigenvalue weighted by Crippen LogP contribution is 2.14. The second-order valence-corrected chi connectivity index (χ2v) is 9.38. The monoisotopic (exact) mass is 475 g/mol. The van der Waals surface area contributed by atoms with Crippen molar-refractivity contribution in [1.82, 2.24) is 9.62 Å². The molecule has 0 spiro atoms. The SMILES string of the molecule is CC(=O)Nc1ccc(S(=O)(=O)NCCC(=O)OCC(=O)N(Cc2ccccc2)C(C)C)cc1. The predicted octanol–water partition coefficient (Wildman–Crippen LogP) is 2.29. The molecule has 2 aromatic rings. The topological polar surface area (TPSA) is 122 Å². The number of nitrogens with one attached hydrogen (secondary N) is 2. The van der Waals surface area contributed by atoms with Crippen LogP contribution >= 0.6 is 0 Å². The highest BCUT2D eigenvalue weighted by Gasteiger charge is 2.20. The first-order valence-electron chi connectivity index (χ1n) is 10.4. The van der Waals surface area contributed by atoms with Crippen LogP contribution in [0.15, 0.2) is 59.5 Å². The zero-order chi connectivity index (χ0) is 24.4. The fourth-order valence-corrected chi connectivity index (χ4v) is 3.96. The molecule has 2 rings (SSSR count). The number of carbonyl (C=O) groups is 3. The van der Waals surface area contributed by atoms with E-state index in [0.717, 1.165) is 5.56 Å². The molecule has 0 unspecified atom stereocenters. The Morgan fingerprint density at radius 1 is 1.00 bits per heavy atom. The first-order valence-corrected chi connectivity index (χ1v) is 11.9. The lowest BCUT2D eigenvalue weighted by Gasteiger charge is -2.26. The summed E-state index contributed by atoms with van der Waals surface area (Å²) in [4.78, 5) is 37.2. The molecule has 0 fully saturated rings. The van der Waals surface area contributed by atoms with E-state index in [1.54, 1.807) is 4.90 Å². The second kappa shape index (κ2) is 12.1. The number of ether oxygens (including phenoxy) is 1. The standard InChI is InChI=1S/C23H29N3O6S/c1-17(2)26(15-19-7-5-4-6-8-19)22(28)16-32-23(29)13-14-24-33(30,31)21-11-9-20(10-12-21)25-18(3)27/h4-12,17,24H,13-16H2,1-3H3,(H,25,27). The normalized spacial score (nSPS) is 11.2. The average molecular weight is 476 g/mol. The molecule has 0 aromatic heterocycles. The van der Waals surface area contributed by atoms with Gasteiger partial charge in [-0.1, -0.05) is 30.3 Å². The van der Waals surface area contributed by atoms with Crippen LogP contribution in [0.5, 0.6) is 0 Å². The third-order valence-corrected chi connectivity index (χ3v) is 6.08. The Morgan fingerprint density at radius 3 is 2.21 bits per heavy atom. The minimum absolute atomic E-state index is 0.00589. The maximum atomic E-state index is 12.5. The summed E-state index contributed by atoms with van der Waals surface area (Å²) >= 11 is 0. The summed E-state index contributed by atoms with van der Waals surface area (Å²) in [7, 11) is -3.84. The van der Waals surface area contributed by atoms with Crippen LogP contribution in [0.25, 0.3) is 0 Å². The number of carbonyl (C=O) groups excluding carboxylic acids is 3. The highest BCUT2D eigenvalue weighted by atomic mass is 32.2. The number of amides is 2. The Bertz CT molecular complexity index is 1050. The van der Waals surface area contributed by atoms with Crippen molar-refractivity contribution in [1.29, 1.82) is 0 Å². The van der Waals surface area contributed by atoms with E-state index < -0.39 is 22.6 Å². The Labute approximate surface area is 194 Å². The first kappa shape index (κ1) is 26.0. The van der Waals surface area contributed by atoms with E-state index in [1.807, 2.05) is 44.2 Å². The summed E-state index contributed by atoms with van der Waals surface area (Å²) < 4.78 is 32.0. The van der Waals surface area contributed by atoms with Crippen LogP contribution in [0.4, 0.5) is 5.69 Å². The summed E-state index contributed by atoms with van der Waals surface area (Å²) in [5, 5.41) is 2.55. The van der Waals surface area contributed by atoms with Crippen molar-refractivity contribution >= 4 is 33.5 Å². The maximum Gasteiger partial charge on any atom is 0.307 e. The molecule has 0 radical (unpaired) electrons. The van der Waals surface area contributed by atoms with E-state index in [-0.39, 0.29) is 35.7 Å². The quantitative estimate of drug-likeness (QED) is 0.481. The maximum absolute atomic E-state index is 12.5. The molecule has 2 amide bonds. The van der Waals surface area contributed by atoms with Gasteiger partial charge in [-0.15, -0.1) is 0 Å². The highest BCUT2D eigenvalue weighted by molar-refractivity contribution is 7.89. The Hall–Kier alpha value is -3.24. The van der Waals surface area contributed by atoms with Gasteiger partial charge in [0.05, 0.1) is 11.3 Å². The molecule has 10 heteroatoms. The Balaban J connectivity index is 1.80. The number of esters is 1. The number of anilines is 1. The summed E-state index contributed by atoms with van der Waals surface area (Å²) in [6.07, 6.45) is -0.225. The van der Waals surface area contributed by atoms with Crippen molar-refractivity contribution in [3.63, 3.8) is 0 Å². The first-order chi connectivity index (χ1) is 15.6. The fourth-order valence-electron chi connectivity index (χ4n) is 2.93. The zero-order valence-corrected chi connectivity index (χ0v) is 19.7. The number of benzene rings is 2. The van der Waals surface area contributed by atoms with Crippen molar-refractivity contribution in [2.45, 2.75) is 44.7 Å². The lowest BCUT2D eigenvalue weighted by molar-refractivity contribution is -0.153. The van der Waals surface area contributed by atoms with Gasteiger partial charge in [-0.2, -0.15) is 0 Å². The molecule has 0 bridgehead atoms. The molecule has 0 atom stereocenters. The van der Waals surface area contributed by atoms with Crippen molar-refractivity contribution in [3.8, 4) is 0 Å². The molecule has 0 aliphatic carbocycles. The van der Waals surface area contributed by atoms with Crippen LogP contribution in [0.2, 0.25) is 0 Å². The van der Waals surface area contributed by atoms with Gasteiger partial charge in [0.2, 0.25) is 15.9 Å². The second-order valence-electron chi connectivity index (χ2n) is 7.62. The minimum Gasteiger partial charge on any atom is -0.456 e. The molecule has 0 aliphatic heterocycles. The lowest BCUT2D eigenvalue weighted by atomic mass is 10.2. The van der Waals surface area contributed by atoms with Gasteiger partial charge in [0.1, 0.15) is 0 Å². The van der Waals surface area contributed by atoms with Gasteiger partial charge in [-0.3, -0.25) is 14.4 Å². The molecule has 178 valence electrons. The number of rotatable bonds is 11. The molecule has 2 aromatic carbocycles. The minimum atomic E-state index is -3.84. The molecule has 9 nitrogen and oxygen atoms in total. The number of sulfonamides is 1. The van der Waals surface area contributed by atoms with Crippen LogP contribution in [-0.2, 0) is 35.7 Å². The molecule has 0 saturated carbocycles. The number of hydrogen-bond acceptors (Lipinski definition) is 6. The molecule has 0 heterocycles. The van der Waals surface area contributed by atoms with Crippen molar-refractivity contribution in [3.05, 3.63) is 60.2 Å². The van der Waals surface area contributed by atoms with E-state index in [4.69, 9.17) is 4.74 Å². The van der Waals surface area contributed by atoms with E-state index >= 15 is 0 Å². The van der Waals surface area contributed by atoms with Crippen LogP contribution in [-0.4, -0.2) is 50.3 Å². The molecule has 0 saturated heterocycles. The van der Waals surface area contributed by atoms with Crippen LogP contribution in [0.3, 0.4) is 0 Å². The summed E-state index contributed by atoms with van der Waals surface area (Å²) in [6.45, 7) is 4.90. The summed E-state index contributed by atoms with van der Waals surface area (Å²) in [5.41, 5.74) is 1.43. The van der Waals surface area contributed by atoms with E-state index in [0.29, 0.717) is 12.2 Å². The summed E-state index contributed by atoms with van der Waals surface area (Å²) in [5.74, 6) is -1.28. The molecular formula is C23H29N3O6S. The van der Waals surface area contributed by atoms with Gasteiger partial charge in [-0.05, 0) is 43.7 Å². The molecule has 0 aliphatic rings. The number of nitrogens with zero attached hydrogens (tertiary/aromatic N) is 1. The van der Waals surface area contributed by atoms with Gasteiger partial charge in [0.25, 0.3) is 5.91 Å². The zero-order valence-electron chi connectivity index (χ0n) is 18.9. The van der Waals surface area contributed by atoms with Crippen molar-refractivity contribution in [2.75, 3.05) is 18.5 Å². The predicted molar refractivity (Wildman–Crippen MR) is 124 cm³/mol. The Kier molecular flexibility index (Phi) is 9.56. The fraction of sp³-hybridized carbons (Fsp3) is 0.348. The average Bonchev–Trinajstić information content (AvgIpc) is 2.76.